The smallest absolute Gasteiger partial charge is 0.181 e. The fourth-order valence-corrected chi connectivity index (χ4v) is 5.79. The number of nitrogens with zero attached hydrogens (tertiary/aromatic N) is 7. The number of H-pyrrole nitrogens is 1. The van der Waals surface area contributed by atoms with Gasteiger partial charge in [-0.15, -0.1) is 0 Å². The number of halogens is 1. The lowest BCUT2D eigenvalue weighted by atomic mass is 10.1. The Labute approximate surface area is 210 Å². The molecule has 2 fully saturated rings. The Kier molecular flexibility index (Phi) is 6.19. The fraction of sp³-hybridized carbons (Fsp3) is 0.435. The number of ether oxygens (including phenoxy) is 1. The lowest BCUT2D eigenvalue weighted by molar-refractivity contribution is 0.122. The van der Waals surface area contributed by atoms with Crippen LogP contribution in [0.15, 0.2) is 30.6 Å². The zero-order valence-corrected chi connectivity index (χ0v) is 21.1. The first-order valence-electron chi connectivity index (χ1n) is 11.7. The molecule has 4 aromatic rings. The van der Waals surface area contributed by atoms with Gasteiger partial charge in [-0.2, -0.15) is 5.10 Å². The van der Waals surface area contributed by atoms with Crippen molar-refractivity contribution in [1.82, 2.24) is 33.8 Å². The average molecular weight is 515 g/mol. The second-order valence-corrected chi connectivity index (χ2v) is 10.6. The van der Waals surface area contributed by atoms with Gasteiger partial charge in [-0.1, -0.05) is 23.7 Å². The summed E-state index contributed by atoms with van der Waals surface area (Å²) in [5.74, 6) is 0.811. The van der Waals surface area contributed by atoms with E-state index >= 15 is 0 Å². The highest BCUT2D eigenvalue weighted by Gasteiger charge is 2.25. The van der Waals surface area contributed by atoms with Gasteiger partial charge in [-0.25, -0.2) is 18.5 Å². The first kappa shape index (κ1) is 22.9. The number of rotatable bonds is 5. The van der Waals surface area contributed by atoms with Crippen molar-refractivity contribution in [2.24, 2.45) is 0 Å². The molecule has 2 aliphatic heterocycles. The molecule has 2 saturated heterocycles. The molecule has 35 heavy (non-hydrogen) atoms. The van der Waals surface area contributed by atoms with E-state index in [0.717, 1.165) is 72.9 Å². The Morgan fingerprint density at radius 3 is 2.69 bits per heavy atom. The SMILES string of the molecule is CS(=O)N1CCN(Cc2cn3c(Cl)c(-c4cccc5[nH]ncc45)nc(N4CCOCC4)c3n2)CC1. The van der Waals surface area contributed by atoms with Crippen LogP contribution in [0, 0.1) is 0 Å². The van der Waals surface area contributed by atoms with E-state index in [1.807, 2.05) is 39.3 Å². The van der Waals surface area contributed by atoms with Gasteiger partial charge in [0.2, 0.25) is 0 Å². The topological polar surface area (TPSA) is 94.9 Å². The molecule has 0 radical (unpaired) electrons. The van der Waals surface area contributed by atoms with E-state index in [-0.39, 0.29) is 0 Å². The second kappa shape index (κ2) is 9.47. The van der Waals surface area contributed by atoms with Crippen LogP contribution in [0.1, 0.15) is 5.69 Å². The van der Waals surface area contributed by atoms with E-state index in [4.69, 9.17) is 26.3 Å². The molecule has 1 N–H and O–H groups in total. The molecule has 1 atom stereocenters. The molecule has 10 nitrogen and oxygen atoms in total. The van der Waals surface area contributed by atoms with Crippen LogP contribution in [-0.4, -0.2) is 96.7 Å². The third-order valence-electron chi connectivity index (χ3n) is 6.71. The summed E-state index contributed by atoms with van der Waals surface area (Å²) in [7, 11) is -0.924. The highest BCUT2D eigenvalue weighted by molar-refractivity contribution is 7.81. The van der Waals surface area contributed by atoms with Crippen LogP contribution in [-0.2, 0) is 22.3 Å². The van der Waals surface area contributed by atoms with Crippen molar-refractivity contribution in [2.45, 2.75) is 6.54 Å². The molecule has 0 saturated carbocycles. The van der Waals surface area contributed by atoms with Crippen LogP contribution < -0.4 is 4.90 Å². The zero-order chi connectivity index (χ0) is 23.9. The second-order valence-electron chi connectivity index (χ2n) is 8.87. The predicted molar refractivity (Wildman–Crippen MR) is 137 cm³/mol. The third kappa shape index (κ3) is 4.31. The molecule has 0 amide bonds. The minimum absolute atomic E-state index is 0.524. The first-order chi connectivity index (χ1) is 17.1. The molecule has 5 heterocycles. The summed E-state index contributed by atoms with van der Waals surface area (Å²) in [4.78, 5) is 14.6. The summed E-state index contributed by atoms with van der Waals surface area (Å²) in [6, 6.07) is 6.00. The van der Waals surface area contributed by atoms with Crippen LogP contribution >= 0.6 is 11.6 Å². The molecule has 0 bridgehead atoms. The molecule has 6 rings (SSSR count). The van der Waals surface area contributed by atoms with Crippen LogP contribution in [0.2, 0.25) is 5.15 Å². The quantitative estimate of drug-likeness (QED) is 0.436. The van der Waals surface area contributed by atoms with Crippen LogP contribution in [0.25, 0.3) is 27.8 Å². The van der Waals surface area contributed by atoms with Gasteiger partial charge in [0.1, 0.15) is 10.8 Å². The van der Waals surface area contributed by atoms with Gasteiger partial charge in [0.25, 0.3) is 0 Å². The van der Waals surface area contributed by atoms with Crippen LogP contribution in [0.5, 0.6) is 0 Å². The van der Waals surface area contributed by atoms with Crippen molar-refractivity contribution in [3.05, 3.63) is 41.4 Å². The number of piperazine rings is 1. The molecular formula is C23H27ClN8O2S. The predicted octanol–water partition coefficient (Wildman–Crippen LogP) is 2.17. The fourth-order valence-electron chi connectivity index (χ4n) is 4.84. The maximum Gasteiger partial charge on any atom is 0.181 e. The van der Waals surface area contributed by atoms with Gasteiger partial charge < -0.3 is 9.64 Å². The summed E-state index contributed by atoms with van der Waals surface area (Å²) in [6.07, 6.45) is 5.57. The van der Waals surface area contributed by atoms with E-state index in [2.05, 4.69) is 20.0 Å². The summed E-state index contributed by atoms with van der Waals surface area (Å²) in [5.41, 5.74) is 4.26. The van der Waals surface area contributed by atoms with Crippen LogP contribution in [0.4, 0.5) is 5.82 Å². The van der Waals surface area contributed by atoms with E-state index in [1.54, 1.807) is 6.26 Å². The number of hydrogen-bond acceptors (Lipinski definition) is 7. The lowest BCUT2D eigenvalue weighted by Crippen LogP contribution is -2.46. The van der Waals surface area contributed by atoms with E-state index in [9.17, 15) is 4.21 Å². The van der Waals surface area contributed by atoms with Crippen molar-refractivity contribution in [2.75, 3.05) is 63.6 Å². The number of fused-ring (bicyclic) bond motifs is 2. The van der Waals surface area contributed by atoms with Gasteiger partial charge >= 0.3 is 0 Å². The minimum Gasteiger partial charge on any atom is -0.378 e. The van der Waals surface area contributed by atoms with Crippen molar-refractivity contribution in [3.63, 3.8) is 0 Å². The molecule has 12 heteroatoms. The summed E-state index contributed by atoms with van der Waals surface area (Å²) in [5, 5.41) is 8.73. The maximum atomic E-state index is 11.8. The molecular weight excluding hydrogens is 488 g/mol. The van der Waals surface area contributed by atoms with Crippen molar-refractivity contribution in [3.8, 4) is 11.3 Å². The summed E-state index contributed by atoms with van der Waals surface area (Å²) < 4.78 is 21.3. The highest BCUT2D eigenvalue weighted by Crippen LogP contribution is 2.35. The monoisotopic (exact) mass is 514 g/mol. The molecule has 3 aromatic heterocycles. The summed E-state index contributed by atoms with van der Waals surface area (Å²) in [6.45, 7) is 6.78. The van der Waals surface area contributed by atoms with E-state index in [0.29, 0.717) is 30.6 Å². The Bertz CT molecular complexity index is 1390. The molecule has 2 aliphatic rings. The van der Waals surface area contributed by atoms with Gasteiger partial charge in [-0.05, 0) is 6.07 Å². The van der Waals surface area contributed by atoms with Crippen molar-refractivity contribution < 1.29 is 8.95 Å². The maximum absolute atomic E-state index is 11.8. The number of aromatic nitrogens is 5. The standard InChI is InChI=1S/C23H27ClN8O2S/c1-35(33)31-7-5-29(6-8-31)14-16-15-32-21(24)20(17-3-2-4-19-18(17)13-25-28-19)27-22(23(32)26-16)30-9-11-34-12-10-30/h2-4,13,15H,5-12,14H2,1H3,(H,25,28). The Hall–Kier alpha value is -2.57. The Balaban J connectivity index is 1.41. The number of benzene rings is 1. The number of morpholine rings is 1. The lowest BCUT2D eigenvalue weighted by Gasteiger charge is -2.32. The van der Waals surface area contributed by atoms with Gasteiger partial charge in [0.05, 0.1) is 41.6 Å². The number of hydrogen-bond donors (Lipinski definition) is 1. The zero-order valence-electron chi connectivity index (χ0n) is 19.5. The molecule has 0 aliphatic carbocycles. The average Bonchev–Trinajstić information content (AvgIpc) is 3.53. The van der Waals surface area contributed by atoms with Gasteiger partial charge in [-0.3, -0.25) is 14.4 Å². The van der Waals surface area contributed by atoms with Crippen molar-refractivity contribution in [1.29, 1.82) is 0 Å². The normalized spacial score (nSPS) is 19.1. The van der Waals surface area contributed by atoms with Crippen LogP contribution in [0.3, 0.4) is 0 Å². The molecule has 184 valence electrons. The first-order valence-corrected chi connectivity index (χ1v) is 13.6. The summed E-state index contributed by atoms with van der Waals surface area (Å²) >= 11 is 7.00. The number of anilines is 1. The van der Waals surface area contributed by atoms with Crippen molar-refractivity contribution >= 4 is 45.0 Å². The number of imidazole rings is 1. The Morgan fingerprint density at radius 1 is 1.11 bits per heavy atom. The molecule has 1 aromatic carbocycles. The third-order valence-corrected chi connectivity index (χ3v) is 8.16. The number of nitrogens with one attached hydrogen (secondary N) is 1. The van der Waals surface area contributed by atoms with Gasteiger partial charge in [0.15, 0.2) is 11.5 Å². The van der Waals surface area contributed by atoms with Gasteiger partial charge in [0, 0.05) is 69.2 Å². The highest BCUT2D eigenvalue weighted by atomic mass is 35.5. The minimum atomic E-state index is -0.924. The molecule has 0 spiro atoms. The van der Waals surface area contributed by atoms with E-state index < -0.39 is 11.0 Å². The molecule has 1 unspecified atom stereocenters. The number of aromatic amines is 1. The van der Waals surface area contributed by atoms with E-state index in [1.165, 1.54) is 0 Å². The largest absolute Gasteiger partial charge is 0.378 e. The Morgan fingerprint density at radius 2 is 1.91 bits per heavy atom.